The molecule has 0 atom stereocenters. The lowest BCUT2D eigenvalue weighted by molar-refractivity contribution is -0.123. The number of amides is 1. The van der Waals surface area contributed by atoms with E-state index in [-0.39, 0.29) is 11.7 Å². The maximum Gasteiger partial charge on any atom is 0.229 e. The molecule has 98 valence electrons. The highest BCUT2D eigenvalue weighted by molar-refractivity contribution is 6.06. The van der Waals surface area contributed by atoms with Crippen LogP contribution in [-0.2, 0) is 4.79 Å². The van der Waals surface area contributed by atoms with Crippen molar-refractivity contribution in [1.29, 1.82) is 0 Å². The zero-order valence-corrected chi connectivity index (χ0v) is 11.5. The van der Waals surface area contributed by atoms with Gasteiger partial charge in [-0.25, -0.2) is 0 Å². The number of methoxy groups -OCH3 is 1. The van der Waals surface area contributed by atoms with E-state index < -0.39 is 5.41 Å². The van der Waals surface area contributed by atoms with Gasteiger partial charge < -0.3 is 10.1 Å². The van der Waals surface area contributed by atoms with Gasteiger partial charge in [-0.1, -0.05) is 26.8 Å². The maximum atomic E-state index is 11.9. The summed E-state index contributed by atoms with van der Waals surface area (Å²) in [6, 6.07) is 5.13. The summed E-state index contributed by atoms with van der Waals surface area (Å²) in [7, 11) is 1.50. The van der Waals surface area contributed by atoms with Gasteiger partial charge in [0.15, 0.2) is 5.78 Å². The summed E-state index contributed by atoms with van der Waals surface area (Å²) in [6.07, 6.45) is 0. The minimum absolute atomic E-state index is 0.141. The van der Waals surface area contributed by atoms with E-state index in [0.717, 1.165) is 0 Å². The van der Waals surface area contributed by atoms with Crippen LogP contribution in [0.15, 0.2) is 18.2 Å². The Morgan fingerprint density at radius 1 is 1.22 bits per heavy atom. The molecule has 4 heteroatoms. The number of nitrogens with one attached hydrogen (secondary N) is 1. The van der Waals surface area contributed by atoms with Gasteiger partial charge in [-0.2, -0.15) is 0 Å². The lowest BCUT2D eigenvalue weighted by atomic mass is 9.95. The number of anilines is 1. The van der Waals surface area contributed by atoms with Crippen LogP contribution < -0.4 is 10.1 Å². The van der Waals surface area contributed by atoms with Crippen LogP contribution in [0.5, 0.6) is 5.75 Å². The average Bonchev–Trinajstić information content (AvgIpc) is 2.26. The fourth-order valence-corrected chi connectivity index (χ4v) is 1.48. The average molecular weight is 249 g/mol. The van der Waals surface area contributed by atoms with Gasteiger partial charge in [0, 0.05) is 5.41 Å². The van der Waals surface area contributed by atoms with Crippen molar-refractivity contribution in [3.8, 4) is 5.75 Å². The van der Waals surface area contributed by atoms with Crippen LogP contribution in [0.3, 0.4) is 0 Å². The van der Waals surface area contributed by atoms with E-state index in [0.29, 0.717) is 17.0 Å². The molecule has 0 fully saturated rings. The highest BCUT2D eigenvalue weighted by atomic mass is 16.5. The smallest absolute Gasteiger partial charge is 0.229 e. The summed E-state index contributed by atoms with van der Waals surface area (Å²) in [5.74, 6) is 0.184. The fraction of sp³-hybridized carbons (Fsp3) is 0.429. The minimum atomic E-state index is -0.517. The molecular weight excluding hydrogens is 230 g/mol. The Bertz CT molecular complexity index is 472. The third-order valence-corrected chi connectivity index (χ3v) is 2.53. The first kappa shape index (κ1) is 14.2. The summed E-state index contributed by atoms with van der Waals surface area (Å²) in [6.45, 7) is 6.90. The van der Waals surface area contributed by atoms with Crippen molar-refractivity contribution < 1.29 is 14.3 Å². The van der Waals surface area contributed by atoms with E-state index in [1.807, 2.05) is 20.8 Å². The van der Waals surface area contributed by atoms with Crippen molar-refractivity contribution in [2.75, 3.05) is 12.4 Å². The van der Waals surface area contributed by atoms with Gasteiger partial charge in [0.05, 0.1) is 18.4 Å². The van der Waals surface area contributed by atoms with Gasteiger partial charge in [0.1, 0.15) is 5.75 Å². The number of hydrogen-bond acceptors (Lipinski definition) is 3. The summed E-state index contributed by atoms with van der Waals surface area (Å²) in [5.41, 5.74) is 0.372. The van der Waals surface area contributed by atoms with Crippen molar-refractivity contribution in [3.63, 3.8) is 0 Å². The number of hydrogen-bond donors (Lipinski definition) is 1. The molecule has 0 spiro atoms. The lowest BCUT2D eigenvalue weighted by Gasteiger charge is -2.19. The molecule has 0 heterocycles. The van der Waals surface area contributed by atoms with E-state index in [1.165, 1.54) is 14.0 Å². The van der Waals surface area contributed by atoms with E-state index >= 15 is 0 Å². The Balaban J connectivity index is 3.17. The summed E-state index contributed by atoms with van der Waals surface area (Å²) < 4.78 is 5.14. The Hall–Kier alpha value is -1.84. The summed E-state index contributed by atoms with van der Waals surface area (Å²) >= 11 is 0. The molecule has 0 aliphatic heterocycles. The maximum absolute atomic E-state index is 11.9. The highest BCUT2D eigenvalue weighted by Gasteiger charge is 2.23. The van der Waals surface area contributed by atoms with Gasteiger partial charge in [-0.15, -0.1) is 0 Å². The highest BCUT2D eigenvalue weighted by Crippen LogP contribution is 2.28. The second-order valence-corrected chi connectivity index (χ2v) is 5.14. The molecular formula is C14H19NO3. The number of carbonyl (C=O) groups is 2. The monoisotopic (exact) mass is 249 g/mol. The first-order valence-corrected chi connectivity index (χ1v) is 5.76. The molecule has 1 N–H and O–H groups in total. The van der Waals surface area contributed by atoms with Gasteiger partial charge in [-0.3, -0.25) is 9.59 Å². The molecule has 4 nitrogen and oxygen atoms in total. The van der Waals surface area contributed by atoms with Crippen LogP contribution in [0, 0.1) is 5.41 Å². The van der Waals surface area contributed by atoms with E-state index in [1.54, 1.807) is 18.2 Å². The van der Waals surface area contributed by atoms with Crippen LogP contribution in [0.1, 0.15) is 38.1 Å². The van der Waals surface area contributed by atoms with Crippen LogP contribution in [0.4, 0.5) is 5.69 Å². The molecule has 1 aromatic rings. The largest absolute Gasteiger partial charge is 0.496 e. The van der Waals surface area contributed by atoms with Crippen LogP contribution in [0.25, 0.3) is 0 Å². The molecule has 18 heavy (non-hydrogen) atoms. The molecule has 0 aromatic heterocycles. The quantitative estimate of drug-likeness (QED) is 0.838. The molecule has 1 amide bonds. The third kappa shape index (κ3) is 3.09. The van der Waals surface area contributed by atoms with Crippen molar-refractivity contribution in [2.24, 2.45) is 5.41 Å². The van der Waals surface area contributed by atoms with Crippen molar-refractivity contribution in [1.82, 2.24) is 0 Å². The SMILES string of the molecule is COc1cccc(NC(=O)C(C)(C)C)c1C(C)=O. The van der Waals surface area contributed by atoms with Crippen molar-refractivity contribution in [3.05, 3.63) is 23.8 Å². The van der Waals surface area contributed by atoms with Gasteiger partial charge in [0.2, 0.25) is 5.91 Å². The Morgan fingerprint density at radius 2 is 1.83 bits per heavy atom. The van der Waals surface area contributed by atoms with Crippen LogP contribution >= 0.6 is 0 Å². The fourth-order valence-electron chi connectivity index (χ4n) is 1.48. The number of ether oxygens (including phenoxy) is 1. The molecule has 0 radical (unpaired) electrons. The van der Waals surface area contributed by atoms with Crippen molar-refractivity contribution >= 4 is 17.4 Å². The first-order valence-electron chi connectivity index (χ1n) is 5.76. The lowest BCUT2D eigenvalue weighted by Crippen LogP contribution is -2.28. The number of rotatable bonds is 3. The molecule has 1 aromatic carbocycles. The minimum Gasteiger partial charge on any atom is -0.496 e. The predicted octanol–water partition coefficient (Wildman–Crippen LogP) is 2.88. The number of benzene rings is 1. The van der Waals surface area contributed by atoms with Gasteiger partial charge >= 0.3 is 0 Å². The predicted molar refractivity (Wildman–Crippen MR) is 71.1 cm³/mol. The number of Topliss-reactive ketones (excluding diaryl/α,β-unsaturated/α-hetero) is 1. The standard InChI is InChI=1S/C14H19NO3/c1-9(16)12-10(7-6-8-11(12)18-5)15-13(17)14(2,3)4/h6-8H,1-5H3,(H,15,17). The topological polar surface area (TPSA) is 55.4 Å². The van der Waals surface area contributed by atoms with Crippen LogP contribution in [-0.4, -0.2) is 18.8 Å². The summed E-state index contributed by atoms with van der Waals surface area (Å²) in [5, 5.41) is 2.77. The van der Waals surface area contributed by atoms with E-state index in [4.69, 9.17) is 4.74 Å². The van der Waals surface area contributed by atoms with Crippen molar-refractivity contribution in [2.45, 2.75) is 27.7 Å². The Labute approximate surface area is 107 Å². The third-order valence-electron chi connectivity index (χ3n) is 2.53. The zero-order valence-electron chi connectivity index (χ0n) is 11.5. The number of carbonyl (C=O) groups excluding carboxylic acids is 2. The zero-order chi connectivity index (χ0) is 13.9. The van der Waals surface area contributed by atoms with Crippen LogP contribution in [0.2, 0.25) is 0 Å². The molecule has 0 saturated carbocycles. The van der Waals surface area contributed by atoms with Gasteiger partial charge in [0.25, 0.3) is 0 Å². The van der Waals surface area contributed by atoms with Gasteiger partial charge in [-0.05, 0) is 19.1 Å². The normalized spacial score (nSPS) is 10.9. The second kappa shape index (κ2) is 5.21. The van der Waals surface area contributed by atoms with E-state index in [2.05, 4.69) is 5.32 Å². The number of ketones is 1. The molecule has 0 aliphatic carbocycles. The second-order valence-electron chi connectivity index (χ2n) is 5.14. The summed E-state index contributed by atoms with van der Waals surface area (Å²) in [4.78, 5) is 23.6. The molecule has 0 saturated heterocycles. The Kier molecular flexibility index (Phi) is 4.11. The Morgan fingerprint density at radius 3 is 2.28 bits per heavy atom. The molecule has 0 unspecified atom stereocenters. The molecule has 0 bridgehead atoms. The molecule has 0 aliphatic rings. The van der Waals surface area contributed by atoms with E-state index in [9.17, 15) is 9.59 Å². The molecule has 1 rings (SSSR count). The first-order chi connectivity index (χ1) is 8.27.